The third-order valence-electron chi connectivity index (χ3n) is 3.03. The maximum absolute atomic E-state index is 9.18. The van der Waals surface area contributed by atoms with E-state index in [2.05, 4.69) is 11.8 Å². The molecule has 0 saturated heterocycles. The van der Waals surface area contributed by atoms with Crippen LogP contribution in [-0.2, 0) is 0 Å². The zero-order chi connectivity index (χ0) is 14.3. The SMILES string of the molecule is CCCCN(CCO)c1cc(OC)c(OC)cc1N. The first-order valence-corrected chi connectivity index (χ1v) is 6.55. The van der Waals surface area contributed by atoms with Crippen molar-refractivity contribution in [2.24, 2.45) is 0 Å². The lowest BCUT2D eigenvalue weighted by Crippen LogP contribution is -2.28. The van der Waals surface area contributed by atoms with Gasteiger partial charge in [-0.3, -0.25) is 0 Å². The molecule has 19 heavy (non-hydrogen) atoms. The van der Waals surface area contributed by atoms with Crippen LogP contribution in [-0.4, -0.2) is 39.0 Å². The summed E-state index contributed by atoms with van der Waals surface area (Å²) >= 11 is 0. The van der Waals surface area contributed by atoms with Gasteiger partial charge in [0.2, 0.25) is 0 Å². The molecular formula is C14H24N2O3. The van der Waals surface area contributed by atoms with E-state index in [4.69, 9.17) is 15.2 Å². The van der Waals surface area contributed by atoms with Gasteiger partial charge in [-0.1, -0.05) is 13.3 Å². The fourth-order valence-electron chi connectivity index (χ4n) is 1.98. The van der Waals surface area contributed by atoms with Crippen LogP contribution in [0.15, 0.2) is 12.1 Å². The number of anilines is 2. The Labute approximate surface area is 114 Å². The predicted octanol–water partition coefficient (Wildman–Crippen LogP) is 1.88. The third-order valence-corrected chi connectivity index (χ3v) is 3.03. The van der Waals surface area contributed by atoms with E-state index in [0.717, 1.165) is 25.1 Å². The van der Waals surface area contributed by atoms with Crippen LogP contribution in [0.2, 0.25) is 0 Å². The summed E-state index contributed by atoms with van der Waals surface area (Å²) in [5.41, 5.74) is 7.57. The fraction of sp³-hybridized carbons (Fsp3) is 0.571. The Kier molecular flexibility index (Phi) is 6.29. The van der Waals surface area contributed by atoms with Crippen molar-refractivity contribution >= 4 is 11.4 Å². The second-order valence-corrected chi connectivity index (χ2v) is 4.33. The minimum absolute atomic E-state index is 0.0947. The smallest absolute Gasteiger partial charge is 0.162 e. The van der Waals surface area contributed by atoms with E-state index in [1.54, 1.807) is 20.3 Å². The zero-order valence-corrected chi connectivity index (χ0v) is 12.0. The number of rotatable bonds is 8. The molecule has 0 aromatic heterocycles. The van der Waals surface area contributed by atoms with E-state index in [1.807, 2.05) is 6.07 Å². The molecule has 0 aliphatic rings. The van der Waals surface area contributed by atoms with Crippen molar-refractivity contribution in [2.45, 2.75) is 19.8 Å². The molecule has 0 radical (unpaired) electrons. The summed E-state index contributed by atoms with van der Waals surface area (Å²) < 4.78 is 10.5. The molecule has 0 heterocycles. The molecule has 0 aliphatic heterocycles. The summed E-state index contributed by atoms with van der Waals surface area (Å²) in [6.07, 6.45) is 2.14. The van der Waals surface area contributed by atoms with Crippen molar-refractivity contribution in [3.05, 3.63) is 12.1 Å². The number of aliphatic hydroxyl groups is 1. The molecule has 0 spiro atoms. The highest BCUT2D eigenvalue weighted by Gasteiger charge is 2.14. The van der Waals surface area contributed by atoms with Crippen LogP contribution in [0.25, 0.3) is 0 Å². The van der Waals surface area contributed by atoms with Gasteiger partial charge in [-0.15, -0.1) is 0 Å². The zero-order valence-electron chi connectivity index (χ0n) is 12.0. The van der Waals surface area contributed by atoms with Gasteiger partial charge >= 0.3 is 0 Å². The number of nitrogen functional groups attached to an aromatic ring is 1. The van der Waals surface area contributed by atoms with Crippen molar-refractivity contribution in [1.82, 2.24) is 0 Å². The van der Waals surface area contributed by atoms with E-state index in [9.17, 15) is 5.11 Å². The first-order valence-electron chi connectivity index (χ1n) is 6.55. The van der Waals surface area contributed by atoms with Crippen LogP contribution < -0.4 is 20.1 Å². The number of ether oxygens (including phenoxy) is 2. The van der Waals surface area contributed by atoms with Crippen molar-refractivity contribution in [3.8, 4) is 11.5 Å². The van der Waals surface area contributed by atoms with Gasteiger partial charge in [0.15, 0.2) is 11.5 Å². The standard InChI is InChI=1S/C14H24N2O3/c1-4-5-6-16(7-8-17)12-10-14(19-3)13(18-2)9-11(12)15/h9-10,17H,4-8,15H2,1-3H3. The Balaban J connectivity index is 3.07. The van der Waals surface area contributed by atoms with Gasteiger partial charge < -0.3 is 25.2 Å². The van der Waals surface area contributed by atoms with Crippen LogP contribution in [0.4, 0.5) is 11.4 Å². The highest BCUT2D eigenvalue weighted by Crippen LogP contribution is 2.36. The normalized spacial score (nSPS) is 10.3. The number of nitrogens with two attached hydrogens (primary N) is 1. The van der Waals surface area contributed by atoms with Gasteiger partial charge in [-0.2, -0.15) is 0 Å². The Hall–Kier alpha value is -1.62. The number of aliphatic hydroxyl groups excluding tert-OH is 1. The van der Waals surface area contributed by atoms with Gasteiger partial charge in [0, 0.05) is 25.2 Å². The predicted molar refractivity (Wildman–Crippen MR) is 78.2 cm³/mol. The molecule has 3 N–H and O–H groups in total. The van der Waals surface area contributed by atoms with Gasteiger partial charge in [-0.05, 0) is 6.42 Å². The summed E-state index contributed by atoms with van der Waals surface area (Å²) in [6, 6.07) is 3.62. The largest absolute Gasteiger partial charge is 0.493 e. The van der Waals surface area contributed by atoms with Crippen LogP contribution in [0, 0.1) is 0 Å². The monoisotopic (exact) mass is 268 g/mol. The molecule has 0 fully saturated rings. The molecule has 1 aromatic carbocycles. The lowest BCUT2D eigenvalue weighted by molar-refractivity contribution is 0.301. The van der Waals surface area contributed by atoms with Gasteiger partial charge in [-0.25, -0.2) is 0 Å². The van der Waals surface area contributed by atoms with Gasteiger partial charge in [0.05, 0.1) is 32.2 Å². The number of benzene rings is 1. The molecule has 0 amide bonds. The topological polar surface area (TPSA) is 68.0 Å². The fourth-order valence-corrected chi connectivity index (χ4v) is 1.98. The third kappa shape index (κ3) is 3.92. The summed E-state index contributed by atoms with van der Waals surface area (Å²) in [5, 5.41) is 9.18. The first-order chi connectivity index (χ1) is 9.17. The Morgan fingerprint density at radius 1 is 1.16 bits per heavy atom. The summed E-state index contributed by atoms with van der Waals surface area (Å²) in [4.78, 5) is 2.07. The second-order valence-electron chi connectivity index (χ2n) is 4.33. The van der Waals surface area contributed by atoms with Crippen molar-refractivity contribution in [1.29, 1.82) is 0 Å². The average molecular weight is 268 g/mol. The van der Waals surface area contributed by atoms with Gasteiger partial charge in [0.25, 0.3) is 0 Å². The molecule has 5 nitrogen and oxygen atoms in total. The molecule has 108 valence electrons. The molecule has 5 heteroatoms. The van der Waals surface area contributed by atoms with Crippen molar-refractivity contribution < 1.29 is 14.6 Å². The minimum Gasteiger partial charge on any atom is -0.493 e. The van der Waals surface area contributed by atoms with Crippen LogP contribution in [0.5, 0.6) is 11.5 Å². The summed E-state index contributed by atoms with van der Waals surface area (Å²) in [7, 11) is 3.18. The van der Waals surface area contributed by atoms with Crippen molar-refractivity contribution in [3.63, 3.8) is 0 Å². The van der Waals surface area contributed by atoms with E-state index >= 15 is 0 Å². The number of nitrogens with zero attached hydrogens (tertiary/aromatic N) is 1. The Bertz CT molecular complexity index is 397. The van der Waals surface area contributed by atoms with Gasteiger partial charge in [0.1, 0.15) is 0 Å². The maximum Gasteiger partial charge on any atom is 0.162 e. The molecule has 0 bridgehead atoms. The lowest BCUT2D eigenvalue weighted by atomic mass is 10.2. The quantitative estimate of drug-likeness (QED) is 0.705. The van der Waals surface area contributed by atoms with Crippen LogP contribution in [0.3, 0.4) is 0 Å². The number of hydrogen-bond acceptors (Lipinski definition) is 5. The Morgan fingerprint density at radius 3 is 2.32 bits per heavy atom. The molecule has 0 atom stereocenters. The van der Waals surface area contributed by atoms with Crippen LogP contribution in [0.1, 0.15) is 19.8 Å². The molecule has 1 rings (SSSR count). The minimum atomic E-state index is 0.0947. The van der Waals surface area contributed by atoms with E-state index in [0.29, 0.717) is 23.7 Å². The summed E-state index contributed by atoms with van der Waals surface area (Å²) in [5.74, 6) is 1.26. The van der Waals surface area contributed by atoms with E-state index in [1.165, 1.54) is 0 Å². The van der Waals surface area contributed by atoms with Crippen LogP contribution >= 0.6 is 0 Å². The number of unbranched alkanes of at least 4 members (excludes halogenated alkanes) is 1. The highest BCUT2D eigenvalue weighted by atomic mass is 16.5. The number of methoxy groups -OCH3 is 2. The first kappa shape index (κ1) is 15.4. The summed E-state index contributed by atoms with van der Waals surface area (Å²) in [6.45, 7) is 3.64. The molecule has 0 saturated carbocycles. The molecule has 0 unspecified atom stereocenters. The lowest BCUT2D eigenvalue weighted by Gasteiger charge is -2.26. The molecular weight excluding hydrogens is 244 g/mol. The maximum atomic E-state index is 9.18. The number of hydrogen-bond donors (Lipinski definition) is 2. The molecule has 0 aliphatic carbocycles. The average Bonchev–Trinajstić information content (AvgIpc) is 2.43. The second kappa shape index (κ2) is 7.74. The molecule has 1 aromatic rings. The van der Waals surface area contributed by atoms with E-state index < -0.39 is 0 Å². The highest BCUT2D eigenvalue weighted by molar-refractivity contribution is 5.73. The Morgan fingerprint density at radius 2 is 1.79 bits per heavy atom. The van der Waals surface area contributed by atoms with E-state index in [-0.39, 0.29) is 6.61 Å². The van der Waals surface area contributed by atoms with Crippen molar-refractivity contribution in [2.75, 3.05) is 44.5 Å².